The van der Waals surface area contributed by atoms with Crippen molar-refractivity contribution in [3.05, 3.63) is 48.5 Å². The van der Waals surface area contributed by atoms with Crippen LogP contribution in [0.4, 0.5) is 17.1 Å². The molecule has 0 aromatic heterocycles. The highest BCUT2D eigenvalue weighted by Crippen LogP contribution is 2.20. The quantitative estimate of drug-likeness (QED) is 0.784. The zero-order valence-electron chi connectivity index (χ0n) is 15.9. The average molecular weight is 369 g/mol. The molecule has 144 valence electrons. The maximum atomic E-state index is 12.4. The molecule has 2 N–H and O–H groups in total. The normalized spacial score (nSPS) is 15.1. The van der Waals surface area contributed by atoms with Gasteiger partial charge in [0.15, 0.2) is 0 Å². The molecule has 1 saturated heterocycles. The van der Waals surface area contributed by atoms with E-state index in [0.717, 1.165) is 49.1 Å². The molecule has 2 aromatic carbocycles. The summed E-state index contributed by atoms with van der Waals surface area (Å²) in [6.45, 7) is 7.74. The number of carbonyl (C=O) groups excluding carboxylic acids is 1. The smallest absolute Gasteiger partial charge is 0.246 e. The minimum Gasteiger partial charge on any atom is -0.494 e. The fourth-order valence-corrected chi connectivity index (χ4v) is 2.96. The van der Waals surface area contributed by atoms with Gasteiger partial charge >= 0.3 is 0 Å². The van der Waals surface area contributed by atoms with Crippen molar-refractivity contribution in [3.63, 3.8) is 0 Å². The Morgan fingerprint density at radius 2 is 1.70 bits per heavy atom. The summed E-state index contributed by atoms with van der Waals surface area (Å²) in [5.74, 6) is 0.739. The zero-order valence-corrected chi connectivity index (χ0v) is 15.9. The third-order valence-electron chi connectivity index (χ3n) is 4.45. The van der Waals surface area contributed by atoms with Gasteiger partial charge in [0.25, 0.3) is 0 Å². The summed E-state index contributed by atoms with van der Waals surface area (Å²) in [5, 5.41) is 6.16. The average Bonchev–Trinajstić information content (AvgIpc) is 2.71. The summed E-state index contributed by atoms with van der Waals surface area (Å²) in [4.78, 5) is 14.7. The second-order valence-electron chi connectivity index (χ2n) is 6.46. The van der Waals surface area contributed by atoms with Crippen LogP contribution < -0.4 is 20.3 Å². The molecule has 0 radical (unpaired) electrons. The Hall–Kier alpha value is -2.73. The zero-order chi connectivity index (χ0) is 19.1. The predicted molar refractivity (Wildman–Crippen MR) is 109 cm³/mol. The highest BCUT2D eigenvalue weighted by molar-refractivity contribution is 5.96. The van der Waals surface area contributed by atoms with Gasteiger partial charge in [-0.15, -0.1) is 0 Å². The van der Waals surface area contributed by atoms with Gasteiger partial charge in [0.2, 0.25) is 5.91 Å². The van der Waals surface area contributed by atoms with Gasteiger partial charge in [0.1, 0.15) is 11.8 Å². The van der Waals surface area contributed by atoms with Crippen molar-refractivity contribution in [3.8, 4) is 5.75 Å². The first-order valence-corrected chi connectivity index (χ1v) is 9.38. The van der Waals surface area contributed by atoms with Crippen LogP contribution in [0.3, 0.4) is 0 Å². The second kappa shape index (κ2) is 9.28. The number of amides is 1. The van der Waals surface area contributed by atoms with Crippen molar-refractivity contribution in [1.82, 2.24) is 0 Å². The fraction of sp³-hybridized carbons (Fsp3) is 0.381. The maximum Gasteiger partial charge on any atom is 0.246 e. The third-order valence-corrected chi connectivity index (χ3v) is 4.45. The molecule has 0 bridgehead atoms. The lowest BCUT2D eigenvalue weighted by Crippen LogP contribution is -2.36. The molecule has 1 unspecified atom stereocenters. The minimum atomic E-state index is -0.359. The molecule has 6 heteroatoms. The predicted octanol–water partition coefficient (Wildman–Crippen LogP) is 3.36. The number of benzene rings is 2. The molecule has 1 fully saturated rings. The number of morpholine rings is 1. The highest BCUT2D eigenvalue weighted by Gasteiger charge is 2.14. The first-order chi connectivity index (χ1) is 13.2. The first kappa shape index (κ1) is 19.0. The second-order valence-corrected chi connectivity index (χ2v) is 6.46. The Morgan fingerprint density at radius 3 is 2.33 bits per heavy atom. The number of rotatable bonds is 7. The van der Waals surface area contributed by atoms with Crippen molar-refractivity contribution >= 4 is 23.0 Å². The number of anilines is 3. The Bertz CT molecular complexity index is 725. The molecule has 0 saturated carbocycles. The number of hydrogen-bond donors (Lipinski definition) is 2. The molecule has 0 spiro atoms. The number of ether oxygens (including phenoxy) is 2. The summed E-state index contributed by atoms with van der Waals surface area (Å²) >= 11 is 0. The molecule has 27 heavy (non-hydrogen) atoms. The van der Waals surface area contributed by atoms with Crippen molar-refractivity contribution in [1.29, 1.82) is 0 Å². The monoisotopic (exact) mass is 369 g/mol. The van der Waals surface area contributed by atoms with E-state index in [1.807, 2.05) is 62.4 Å². The van der Waals surface area contributed by atoms with Gasteiger partial charge in [-0.25, -0.2) is 0 Å². The summed E-state index contributed by atoms with van der Waals surface area (Å²) in [5.41, 5.74) is 2.82. The number of nitrogens with one attached hydrogen (secondary N) is 2. The van der Waals surface area contributed by atoms with Gasteiger partial charge in [0, 0.05) is 30.2 Å². The van der Waals surface area contributed by atoms with E-state index in [0.29, 0.717) is 6.61 Å². The summed E-state index contributed by atoms with van der Waals surface area (Å²) in [6, 6.07) is 15.2. The van der Waals surface area contributed by atoms with Crippen molar-refractivity contribution in [2.24, 2.45) is 0 Å². The lowest BCUT2D eigenvalue weighted by Gasteiger charge is -2.29. The molecule has 3 rings (SSSR count). The van der Waals surface area contributed by atoms with Gasteiger partial charge in [0.05, 0.1) is 19.8 Å². The van der Waals surface area contributed by atoms with Crippen LogP contribution in [-0.4, -0.2) is 44.9 Å². The lowest BCUT2D eigenvalue weighted by molar-refractivity contribution is -0.116. The Labute approximate surface area is 160 Å². The standard InChI is InChI=1S/C21H27N3O3/c1-3-27-20-10-6-17(7-11-20)22-16(2)21(25)23-18-4-8-19(9-5-18)24-12-14-26-15-13-24/h4-11,16,22H,3,12-15H2,1-2H3,(H,23,25). The van der Waals surface area contributed by atoms with E-state index >= 15 is 0 Å². The summed E-state index contributed by atoms with van der Waals surface area (Å²) in [7, 11) is 0. The SMILES string of the molecule is CCOc1ccc(NC(C)C(=O)Nc2ccc(N3CCOCC3)cc2)cc1. The number of carbonyl (C=O) groups is 1. The van der Waals surface area contributed by atoms with Crippen LogP contribution in [0.15, 0.2) is 48.5 Å². The molecular weight excluding hydrogens is 342 g/mol. The van der Waals surface area contributed by atoms with Gasteiger partial charge in [-0.3, -0.25) is 4.79 Å². The van der Waals surface area contributed by atoms with Crippen LogP contribution in [0.5, 0.6) is 5.75 Å². The van der Waals surface area contributed by atoms with Crippen LogP contribution in [0, 0.1) is 0 Å². The van der Waals surface area contributed by atoms with E-state index in [1.165, 1.54) is 0 Å². The van der Waals surface area contributed by atoms with Gasteiger partial charge in [-0.1, -0.05) is 0 Å². The van der Waals surface area contributed by atoms with Crippen LogP contribution in [-0.2, 0) is 9.53 Å². The summed E-state index contributed by atoms with van der Waals surface area (Å²) in [6.07, 6.45) is 0. The fourth-order valence-electron chi connectivity index (χ4n) is 2.96. The van der Waals surface area contributed by atoms with Crippen molar-refractivity contribution in [2.75, 3.05) is 48.4 Å². The van der Waals surface area contributed by atoms with Crippen LogP contribution in [0.25, 0.3) is 0 Å². The summed E-state index contributed by atoms with van der Waals surface area (Å²) < 4.78 is 10.8. The molecule has 1 atom stereocenters. The van der Waals surface area contributed by atoms with E-state index in [4.69, 9.17) is 9.47 Å². The maximum absolute atomic E-state index is 12.4. The largest absolute Gasteiger partial charge is 0.494 e. The Morgan fingerprint density at radius 1 is 1.07 bits per heavy atom. The topological polar surface area (TPSA) is 62.8 Å². The number of nitrogens with zero attached hydrogens (tertiary/aromatic N) is 1. The molecule has 0 aliphatic carbocycles. The molecule has 1 amide bonds. The van der Waals surface area contributed by atoms with Gasteiger partial charge in [-0.05, 0) is 62.4 Å². The van der Waals surface area contributed by atoms with Crippen LogP contribution in [0.1, 0.15) is 13.8 Å². The molecule has 6 nitrogen and oxygen atoms in total. The minimum absolute atomic E-state index is 0.0805. The third kappa shape index (κ3) is 5.37. The molecular formula is C21H27N3O3. The molecule has 2 aromatic rings. The molecule has 1 aliphatic rings. The van der Waals surface area contributed by atoms with Crippen molar-refractivity contribution in [2.45, 2.75) is 19.9 Å². The van der Waals surface area contributed by atoms with E-state index in [2.05, 4.69) is 15.5 Å². The molecule has 1 heterocycles. The molecule has 1 aliphatic heterocycles. The van der Waals surface area contributed by atoms with Crippen LogP contribution >= 0.6 is 0 Å². The van der Waals surface area contributed by atoms with Crippen LogP contribution in [0.2, 0.25) is 0 Å². The Balaban J connectivity index is 1.52. The highest BCUT2D eigenvalue weighted by atomic mass is 16.5. The van der Waals surface area contributed by atoms with E-state index in [-0.39, 0.29) is 11.9 Å². The van der Waals surface area contributed by atoms with Gasteiger partial charge in [-0.2, -0.15) is 0 Å². The van der Waals surface area contributed by atoms with E-state index < -0.39 is 0 Å². The Kier molecular flexibility index (Phi) is 6.54. The van der Waals surface area contributed by atoms with E-state index in [1.54, 1.807) is 0 Å². The first-order valence-electron chi connectivity index (χ1n) is 9.38. The van der Waals surface area contributed by atoms with Crippen molar-refractivity contribution < 1.29 is 14.3 Å². The van der Waals surface area contributed by atoms with E-state index in [9.17, 15) is 4.79 Å². The lowest BCUT2D eigenvalue weighted by atomic mass is 10.2. The van der Waals surface area contributed by atoms with Gasteiger partial charge < -0.3 is 25.0 Å². The number of hydrogen-bond acceptors (Lipinski definition) is 5.